The molecule has 168 valence electrons. The molecular formula is C21H32F3N5O. The Morgan fingerprint density at radius 3 is 2.43 bits per heavy atom. The lowest BCUT2D eigenvalue weighted by Gasteiger charge is -2.41. The van der Waals surface area contributed by atoms with E-state index in [2.05, 4.69) is 15.3 Å². The van der Waals surface area contributed by atoms with Crippen LogP contribution < -0.4 is 5.32 Å². The molecule has 1 amide bonds. The zero-order valence-electron chi connectivity index (χ0n) is 17.6. The highest BCUT2D eigenvalue weighted by Gasteiger charge is 2.47. The number of halogens is 3. The van der Waals surface area contributed by atoms with E-state index < -0.39 is 12.2 Å². The number of rotatable bonds is 3. The molecule has 30 heavy (non-hydrogen) atoms. The number of piperidine rings is 1. The van der Waals surface area contributed by atoms with Gasteiger partial charge in [0.15, 0.2) is 6.04 Å². The van der Waals surface area contributed by atoms with E-state index in [-0.39, 0.29) is 24.3 Å². The lowest BCUT2D eigenvalue weighted by atomic mass is 9.84. The second-order valence-electron chi connectivity index (χ2n) is 9.07. The molecule has 4 rings (SSSR count). The van der Waals surface area contributed by atoms with Gasteiger partial charge in [-0.3, -0.25) is 9.69 Å². The van der Waals surface area contributed by atoms with Crippen molar-refractivity contribution in [3.05, 3.63) is 11.8 Å². The lowest BCUT2D eigenvalue weighted by Crippen LogP contribution is -2.48. The van der Waals surface area contributed by atoms with Gasteiger partial charge in [-0.15, -0.1) is 0 Å². The van der Waals surface area contributed by atoms with Gasteiger partial charge in [-0.25, -0.2) is 4.68 Å². The molecule has 2 fully saturated rings. The van der Waals surface area contributed by atoms with Crippen molar-refractivity contribution >= 4 is 11.7 Å². The Balaban J connectivity index is 1.34. The van der Waals surface area contributed by atoms with E-state index in [0.717, 1.165) is 43.5 Å². The molecule has 0 spiro atoms. The fraction of sp³-hybridized carbons (Fsp3) is 0.810. The predicted molar refractivity (Wildman–Crippen MR) is 108 cm³/mol. The van der Waals surface area contributed by atoms with Gasteiger partial charge in [-0.1, -0.05) is 12.8 Å². The van der Waals surface area contributed by atoms with Crippen molar-refractivity contribution in [2.24, 2.45) is 5.92 Å². The van der Waals surface area contributed by atoms with Crippen LogP contribution in [0.3, 0.4) is 0 Å². The number of alkyl halides is 3. The van der Waals surface area contributed by atoms with Gasteiger partial charge in [0.25, 0.3) is 0 Å². The monoisotopic (exact) mass is 427 g/mol. The van der Waals surface area contributed by atoms with Crippen molar-refractivity contribution in [2.45, 2.75) is 70.1 Å². The molecule has 6 nitrogen and oxygen atoms in total. The highest BCUT2D eigenvalue weighted by atomic mass is 19.4. The largest absolute Gasteiger partial charge is 0.410 e. The van der Waals surface area contributed by atoms with Crippen molar-refractivity contribution in [3.63, 3.8) is 0 Å². The summed E-state index contributed by atoms with van der Waals surface area (Å²) >= 11 is 0. The number of hydrogen-bond donors (Lipinski definition) is 1. The van der Waals surface area contributed by atoms with Crippen molar-refractivity contribution in [1.82, 2.24) is 19.6 Å². The zero-order valence-corrected chi connectivity index (χ0v) is 17.6. The molecule has 0 bridgehead atoms. The lowest BCUT2D eigenvalue weighted by molar-refractivity contribution is -0.174. The second-order valence-corrected chi connectivity index (χ2v) is 9.07. The summed E-state index contributed by atoms with van der Waals surface area (Å²) in [5.41, 5.74) is 0.585. The summed E-state index contributed by atoms with van der Waals surface area (Å²) < 4.78 is 42.0. The van der Waals surface area contributed by atoms with E-state index in [4.69, 9.17) is 0 Å². The van der Waals surface area contributed by atoms with Crippen LogP contribution in [0.25, 0.3) is 0 Å². The molecule has 0 aliphatic carbocycles. The number of hydrogen-bond acceptors (Lipinski definition) is 4. The average Bonchev–Trinajstić information content (AvgIpc) is 2.89. The Kier molecular flexibility index (Phi) is 6.27. The highest BCUT2D eigenvalue weighted by Crippen LogP contribution is 2.42. The number of nitrogens with one attached hydrogen (secondary N) is 1. The first-order valence-electron chi connectivity index (χ1n) is 11.2. The molecule has 4 heterocycles. The Morgan fingerprint density at radius 1 is 1.13 bits per heavy atom. The summed E-state index contributed by atoms with van der Waals surface area (Å²) in [6, 6.07) is -0.150. The van der Waals surface area contributed by atoms with Gasteiger partial charge in [-0.2, -0.15) is 18.3 Å². The maximum atomic E-state index is 13.6. The molecule has 3 aliphatic rings. The molecular weight excluding hydrogens is 395 g/mol. The number of carbonyl (C=O) groups is 1. The van der Waals surface area contributed by atoms with Crippen molar-refractivity contribution in [1.29, 1.82) is 0 Å². The van der Waals surface area contributed by atoms with Gasteiger partial charge >= 0.3 is 6.18 Å². The Morgan fingerprint density at radius 2 is 1.80 bits per heavy atom. The smallest absolute Gasteiger partial charge is 0.367 e. The Bertz CT molecular complexity index is 733. The Labute approximate surface area is 175 Å². The number of carbonyl (C=O) groups excluding carboxylic acids is 1. The van der Waals surface area contributed by atoms with Gasteiger partial charge in [-0.05, 0) is 58.0 Å². The molecule has 0 unspecified atom stereocenters. The number of nitrogens with zero attached hydrogens (tertiary/aromatic N) is 4. The minimum absolute atomic E-state index is 0.00991. The zero-order chi connectivity index (χ0) is 21.3. The van der Waals surface area contributed by atoms with Gasteiger partial charge in [0.1, 0.15) is 5.82 Å². The predicted octanol–water partition coefficient (Wildman–Crippen LogP) is 3.59. The Hall–Kier alpha value is -1.77. The highest BCUT2D eigenvalue weighted by molar-refractivity contribution is 5.78. The van der Waals surface area contributed by atoms with Crippen LogP contribution in [0.4, 0.5) is 19.0 Å². The van der Waals surface area contributed by atoms with E-state index in [0.29, 0.717) is 31.1 Å². The number of amides is 1. The molecule has 0 aromatic carbocycles. The molecule has 1 aromatic rings. The molecule has 1 N–H and O–H groups in total. The maximum absolute atomic E-state index is 13.6. The van der Waals surface area contributed by atoms with Gasteiger partial charge < -0.3 is 10.2 Å². The van der Waals surface area contributed by atoms with E-state index >= 15 is 0 Å². The number of likely N-dealkylation sites (tertiary alicyclic amines) is 2. The van der Waals surface area contributed by atoms with Crippen molar-refractivity contribution < 1.29 is 18.0 Å². The molecule has 2 saturated heterocycles. The van der Waals surface area contributed by atoms with Gasteiger partial charge in [0.05, 0.1) is 12.2 Å². The van der Waals surface area contributed by atoms with Crippen LogP contribution in [0.2, 0.25) is 0 Å². The van der Waals surface area contributed by atoms with Crippen molar-refractivity contribution in [3.8, 4) is 0 Å². The van der Waals surface area contributed by atoms with E-state index in [1.807, 2.05) is 4.90 Å². The normalized spacial score (nSPS) is 26.7. The van der Waals surface area contributed by atoms with Crippen molar-refractivity contribution in [2.75, 3.05) is 38.0 Å². The number of aryl methyl sites for hydroxylation is 1. The minimum Gasteiger partial charge on any atom is -0.367 e. The van der Waals surface area contributed by atoms with Crippen LogP contribution >= 0.6 is 0 Å². The van der Waals surface area contributed by atoms with Crippen LogP contribution in [-0.2, 0) is 4.79 Å². The first-order chi connectivity index (χ1) is 14.3. The maximum Gasteiger partial charge on any atom is 0.410 e. The molecule has 0 radical (unpaired) electrons. The molecule has 3 aliphatic heterocycles. The van der Waals surface area contributed by atoms with E-state index in [1.165, 1.54) is 12.8 Å². The summed E-state index contributed by atoms with van der Waals surface area (Å²) in [6.07, 6.45) is 1.92. The van der Waals surface area contributed by atoms with Gasteiger partial charge in [0, 0.05) is 25.2 Å². The third-order valence-corrected chi connectivity index (χ3v) is 6.86. The summed E-state index contributed by atoms with van der Waals surface area (Å²) in [7, 11) is 0. The SMILES string of the molecule is Cc1cc2n(n1)[C@@H](C(F)(F)F)C[C@@H](C1CCN(C(=O)CN3CCCCCC3)CC1)N2. The summed E-state index contributed by atoms with van der Waals surface area (Å²) in [6.45, 7) is 5.42. The second kappa shape index (κ2) is 8.77. The molecule has 0 saturated carbocycles. The van der Waals surface area contributed by atoms with Crippen LogP contribution in [0.1, 0.15) is 56.7 Å². The van der Waals surface area contributed by atoms with Crippen LogP contribution in [0, 0.1) is 12.8 Å². The van der Waals surface area contributed by atoms with Crippen LogP contribution in [-0.4, -0.2) is 70.4 Å². The fourth-order valence-corrected chi connectivity index (χ4v) is 5.17. The summed E-state index contributed by atoms with van der Waals surface area (Å²) in [5.74, 6) is 0.737. The number of anilines is 1. The minimum atomic E-state index is -4.32. The van der Waals surface area contributed by atoms with Gasteiger partial charge in [0.2, 0.25) is 5.91 Å². The summed E-state index contributed by atoms with van der Waals surface area (Å²) in [5, 5.41) is 7.35. The number of aromatic nitrogens is 2. The fourth-order valence-electron chi connectivity index (χ4n) is 5.17. The topological polar surface area (TPSA) is 53.4 Å². The first-order valence-corrected chi connectivity index (χ1v) is 11.2. The van der Waals surface area contributed by atoms with Crippen LogP contribution in [0.15, 0.2) is 6.07 Å². The third-order valence-electron chi connectivity index (χ3n) is 6.86. The molecule has 2 atom stereocenters. The quantitative estimate of drug-likeness (QED) is 0.801. The average molecular weight is 428 g/mol. The number of fused-ring (bicyclic) bond motifs is 1. The van der Waals surface area contributed by atoms with E-state index in [1.54, 1.807) is 13.0 Å². The van der Waals surface area contributed by atoms with Crippen LogP contribution in [0.5, 0.6) is 0 Å². The molecule has 1 aromatic heterocycles. The first kappa shape index (κ1) is 21.5. The molecule has 9 heteroatoms. The van der Waals surface area contributed by atoms with E-state index in [9.17, 15) is 18.0 Å². The standard InChI is InChI=1S/C21H32F3N5O/c1-15-12-19-25-17(13-18(21(22,23)24)29(19)26-15)16-6-10-28(11-7-16)20(30)14-27-8-4-2-3-5-9-27/h12,16-18,25H,2-11,13-14H2,1H3/t17-,18+/m0/s1. The third kappa shape index (κ3) is 4.76. The summed E-state index contributed by atoms with van der Waals surface area (Å²) in [4.78, 5) is 16.9.